The van der Waals surface area contributed by atoms with Crippen molar-refractivity contribution in [2.24, 2.45) is 7.05 Å². The summed E-state index contributed by atoms with van der Waals surface area (Å²) in [5, 5.41) is 12.9. The minimum absolute atomic E-state index is 0.0113. The van der Waals surface area contributed by atoms with Crippen LogP contribution in [0.25, 0.3) is 0 Å². The van der Waals surface area contributed by atoms with Gasteiger partial charge in [0.15, 0.2) is 11.6 Å². The van der Waals surface area contributed by atoms with Gasteiger partial charge in [-0.25, -0.2) is 4.39 Å². The lowest BCUT2D eigenvalue weighted by Crippen LogP contribution is -2.04. The molecule has 21 heavy (non-hydrogen) atoms. The number of rotatable bonds is 4. The SMILES string of the molecule is Cc1cc(COc2cc(C#CCCO)ccc2F)n(C)n1. The van der Waals surface area contributed by atoms with Crippen molar-refractivity contribution in [3.63, 3.8) is 0 Å². The first-order chi connectivity index (χ1) is 10.1. The van der Waals surface area contributed by atoms with Crippen LogP contribution in [0.2, 0.25) is 0 Å². The van der Waals surface area contributed by atoms with Gasteiger partial charge in [-0.15, -0.1) is 0 Å². The maximum atomic E-state index is 13.7. The second kappa shape index (κ2) is 6.91. The van der Waals surface area contributed by atoms with Crippen LogP contribution in [0.15, 0.2) is 24.3 Å². The highest BCUT2D eigenvalue weighted by molar-refractivity contribution is 5.40. The van der Waals surface area contributed by atoms with Crippen LogP contribution in [0, 0.1) is 24.6 Å². The van der Waals surface area contributed by atoms with E-state index in [0.29, 0.717) is 12.0 Å². The number of aromatic nitrogens is 2. The van der Waals surface area contributed by atoms with Crippen LogP contribution >= 0.6 is 0 Å². The van der Waals surface area contributed by atoms with Crippen molar-refractivity contribution >= 4 is 0 Å². The fraction of sp³-hybridized carbons (Fsp3) is 0.312. The summed E-state index contributed by atoms with van der Waals surface area (Å²) >= 11 is 0. The molecule has 4 nitrogen and oxygen atoms in total. The van der Waals surface area contributed by atoms with Gasteiger partial charge < -0.3 is 9.84 Å². The smallest absolute Gasteiger partial charge is 0.165 e. The molecule has 2 aromatic rings. The molecule has 0 amide bonds. The molecule has 0 aliphatic carbocycles. The Morgan fingerprint density at radius 2 is 2.19 bits per heavy atom. The summed E-state index contributed by atoms with van der Waals surface area (Å²) in [7, 11) is 1.82. The predicted molar refractivity (Wildman–Crippen MR) is 77.3 cm³/mol. The zero-order chi connectivity index (χ0) is 15.2. The lowest BCUT2D eigenvalue weighted by atomic mass is 10.2. The average molecular weight is 288 g/mol. The van der Waals surface area contributed by atoms with Crippen LogP contribution in [0.3, 0.4) is 0 Å². The number of hydrogen-bond donors (Lipinski definition) is 1. The maximum absolute atomic E-state index is 13.7. The third kappa shape index (κ3) is 4.07. The summed E-state index contributed by atoms with van der Waals surface area (Å²) in [5.74, 6) is 5.37. The standard InChI is InChI=1S/C16H17FN2O2/c1-12-9-14(19(2)18-12)11-21-16-10-13(5-3-4-8-20)6-7-15(16)17/h6-7,9-10,20H,4,8,11H2,1-2H3. The number of aryl methyl sites for hydroxylation is 2. The molecule has 1 N–H and O–H groups in total. The van der Waals surface area contributed by atoms with E-state index in [0.717, 1.165) is 11.4 Å². The molecule has 0 spiro atoms. The normalized spacial score (nSPS) is 10.1. The third-order valence-electron chi connectivity index (χ3n) is 2.88. The molecule has 0 atom stereocenters. The van der Waals surface area contributed by atoms with Crippen molar-refractivity contribution in [2.45, 2.75) is 20.0 Å². The van der Waals surface area contributed by atoms with E-state index in [1.54, 1.807) is 16.8 Å². The molecule has 0 saturated carbocycles. The van der Waals surface area contributed by atoms with Gasteiger partial charge in [-0.05, 0) is 31.2 Å². The Kier molecular flexibility index (Phi) is 4.96. The van der Waals surface area contributed by atoms with Crippen molar-refractivity contribution in [2.75, 3.05) is 6.61 Å². The van der Waals surface area contributed by atoms with E-state index in [1.165, 1.54) is 6.07 Å². The van der Waals surface area contributed by atoms with Crippen LogP contribution in [-0.2, 0) is 13.7 Å². The highest BCUT2D eigenvalue weighted by atomic mass is 19.1. The summed E-state index contributed by atoms with van der Waals surface area (Å²) in [6, 6.07) is 6.36. The van der Waals surface area contributed by atoms with Gasteiger partial charge >= 0.3 is 0 Å². The minimum Gasteiger partial charge on any atom is -0.484 e. The van der Waals surface area contributed by atoms with Crippen LogP contribution in [0.5, 0.6) is 5.75 Å². The summed E-state index contributed by atoms with van der Waals surface area (Å²) in [4.78, 5) is 0. The molecule has 5 heteroatoms. The van der Waals surface area contributed by atoms with Gasteiger partial charge in [0.05, 0.1) is 18.0 Å². The molecular weight excluding hydrogens is 271 g/mol. The first-order valence-electron chi connectivity index (χ1n) is 6.61. The molecule has 0 radical (unpaired) electrons. The molecule has 1 aromatic carbocycles. The number of benzene rings is 1. The molecule has 0 bridgehead atoms. The van der Waals surface area contributed by atoms with Gasteiger partial charge in [-0.3, -0.25) is 4.68 Å². The van der Waals surface area contributed by atoms with Crippen LogP contribution in [0.4, 0.5) is 4.39 Å². The average Bonchev–Trinajstić information content (AvgIpc) is 2.77. The van der Waals surface area contributed by atoms with E-state index in [2.05, 4.69) is 16.9 Å². The van der Waals surface area contributed by atoms with E-state index in [1.807, 2.05) is 20.0 Å². The lowest BCUT2D eigenvalue weighted by molar-refractivity contribution is 0.280. The highest BCUT2D eigenvalue weighted by Crippen LogP contribution is 2.20. The Hall–Kier alpha value is -2.32. The molecule has 0 aliphatic heterocycles. The summed E-state index contributed by atoms with van der Waals surface area (Å²) in [6.45, 7) is 2.14. The Bertz CT molecular complexity index is 683. The zero-order valence-corrected chi connectivity index (χ0v) is 12.1. The zero-order valence-electron chi connectivity index (χ0n) is 12.1. The molecule has 110 valence electrons. The van der Waals surface area contributed by atoms with Gasteiger partial charge in [0, 0.05) is 19.0 Å². The molecule has 0 saturated heterocycles. The van der Waals surface area contributed by atoms with E-state index < -0.39 is 5.82 Å². The van der Waals surface area contributed by atoms with Crippen molar-refractivity contribution in [1.29, 1.82) is 0 Å². The van der Waals surface area contributed by atoms with Gasteiger partial charge in [0.1, 0.15) is 6.61 Å². The summed E-state index contributed by atoms with van der Waals surface area (Å²) < 4.78 is 20.9. The Balaban J connectivity index is 2.10. The summed E-state index contributed by atoms with van der Waals surface area (Å²) in [6.07, 6.45) is 0.391. The van der Waals surface area contributed by atoms with E-state index in [-0.39, 0.29) is 19.0 Å². The van der Waals surface area contributed by atoms with Crippen molar-refractivity contribution < 1.29 is 14.2 Å². The monoisotopic (exact) mass is 288 g/mol. The van der Waals surface area contributed by atoms with Gasteiger partial charge in [-0.2, -0.15) is 5.10 Å². The van der Waals surface area contributed by atoms with Gasteiger partial charge in [0.25, 0.3) is 0 Å². The van der Waals surface area contributed by atoms with Gasteiger partial charge in [-0.1, -0.05) is 11.8 Å². The largest absolute Gasteiger partial charge is 0.484 e. The number of ether oxygens (including phenoxy) is 1. The van der Waals surface area contributed by atoms with E-state index in [4.69, 9.17) is 9.84 Å². The Morgan fingerprint density at radius 3 is 2.86 bits per heavy atom. The number of aliphatic hydroxyl groups excluding tert-OH is 1. The molecule has 0 aliphatic rings. The maximum Gasteiger partial charge on any atom is 0.165 e. The number of hydrogen-bond acceptors (Lipinski definition) is 3. The van der Waals surface area contributed by atoms with Crippen LogP contribution in [-0.4, -0.2) is 21.5 Å². The Labute approximate surface area is 123 Å². The number of aliphatic hydroxyl groups is 1. The van der Waals surface area contributed by atoms with Crippen molar-refractivity contribution in [3.05, 3.63) is 47.0 Å². The first-order valence-corrected chi connectivity index (χ1v) is 6.61. The van der Waals surface area contributed by atoms with Crippen LogP contribution in [0.1, 0.15) is 23.4 Å². The first kappa shape index (κ1) is 15.1. The van der Waals surface area contributed by atoms with Crippen molar-refractivity contribution in [3.8, 4) is 17.6 Å². The fourth-order valence-corrected chi connectivity index (χ4v) is 1.86. The molecule has 1 heterocycles. The fourth-order valence-electron chi connectivity index (χ4n) is 1.86. The summed E-state index contributed by atoms with van der Waals surface area (Å²) in [5.41, 5.74) is 2.41. The van der Waals surface area contributed by atoms with E-state index in [9.17, 15) is 4.39 Å². The lowest BCUT2D eigenvalue weighted by Gasteiger charge is -2.07. The highest BCUT2D eigenvalue weighted by Gasteiger charge is 2.07. The predicted octanol–water partition coefficient (Wildman–Crippen LogP) is 2.18. The molecule has 2 rings (SSSR count). The van der Waals surface area contributed by atoms with Crippen LogP contribution < -0.4 is 4.74 Å². The minimum atomic E-state index is -0.429. The second-order valence-electron chi connectivity index (χ2n) is 4.61. The van der Waals surface area contributed by atoms with Crippen molar-refractivity contribution in [1.82, 2.24) is 9.78 Å². The topological polar surface area (TPSA) is 47.3 Å². The number of halogens is 1. The quantitative estimate of drug-likeness (QED) is 0.877. The molecule has 1 aromatic heterocycles. The molecule has 0 fully saturated rings. The Morgan fingerprint density at radius 1 is 1.38 bits per heavy atom. The second-order valence-corrected chi connectivity index (χ2v) is 4.61. The molecular formula is C16H17FN2O2. The molecule has 0 unspecified atom stereocenters. The van der Waals surface area contributed by atoms with Gasteiger partial charge in [0.2, 0.25) is 0 Å². The third-order valence-corrected chi connectivity index (χ3v) is 2.88. The van der Waals surface area contributed by atoms with E-state index >= 15 is 0 Å². The number of nitrogens with zero attached hydrogens (tertiary/aromatic N) is 2.